The van der Waals surface area contributed by atoms with Crippen molar-refractivity contribution in [3.05, 3.63) is 35.9 Å². The van der Waals surface area contributed by atoms with E-state index in [1.165, 1.54) is 193 Å². The minimum absolute atomic E-state index is 0.174. The van der Waals surface area contributed by atoms with E-state index in [9.17, 15) is 11.2 Å². The molecule has 0 radical (unpaired) electrons. The van der Waals surface area contributed by atoms with Crippen LogP contribution in [0.5, 0.6) is 0 Å². The van der Waals surface area contributed by atoms with E-state index in [1.807, 2.05) is 0 Å². The van der Waals surface area contributed by atoms with Gasteiger partial charge in [0.1, 0.15) is 0 Å². The predicted octanol–water partition coefficient (Wildman–Crippen LogP) is 15.7. The quantitative estimate of drug-likeness (QED) is 0.176. The molecule has 0 saturated heterocycles. The van der Waals surface area contributed by atoms with Gasteiger partial charge in [-0.3, -0.25) is 0 Å². The second-order valence-electron chi connectivity index (χ2n) is 18.1. The first-order chi connectivity index (χ1) is 23.0. The van der Waals surface area contributed by atoms with Gasteiger partial charge < -0.3 is 0 Å². The second kappa shape index (κ2) is 15.7. The third-order valence-electron chi connectivity index (χ3n) is 16.1. The summed E-state index contributed by atoms with van der Waals surface area (Å²) in [6.45, 7) is 0. The average molecular weight is 722 g/mol. The zero-order valence-corrected chi connectivity index (χ0v) is 33.7. The Labute approximate surface area is 301 Å². The van der Waals surface area contributed by atoms with Crippen molar-refractivity contribution in [2.24, 2.45) is 0 Å². The Morgan fingerprint density at radius 1 is 0.489 bits per heavy atom. The fraction of sp³-hybridized carbons (Fsp3) is 0.860. The molecule has 0 heterocycles. The summed E-state index contributed by atoms with van der Waals surface area (Å²) in [5.74, 6) is -3.23. The summed E-state index contributed by atoms with van der Waals surface area (Å²) in [4.78, 5) is 0. The van der Waals surface area contributed by atoms with Gasteiger partial charge in [0.05, 0.1) is 0 Å². The molecule has 47 heavy (non-hydrogen) atoms. The van der Waals surface area contributed by atoms with Crippen LogP contribution in [-0.4, -0.2) is 32.9 Å². The number of hydrogen-bond donors (Lipinski definition) is 0. The van der Waals surface area contributed by atoms with Gasteiger partial charge in [-0.1, -0.05) is 0 Å². The Bertz CT molecular complexity index is 1040. The van der Waals surface area contributed by atoms with Gasteiger partial charge >= 0.3 is 303 Å². The monoisotopic (exact) mass is 720 g/mol. The Morgan fingerprint density at radius 3 is 1.21 bits per heavy atom. The van der Waals surface area contributed by atoms with Crippen LogP contribution in [0.25, 0.3) is 0 Å². The van der Waals surface area contributed by atoms with Crippen LogP contribution in [0.3, 0.4) is 0 Å². The summed E-state index contributed by atoms with van der Waals surface area (Å²) in [6.07, 6.45) is 42.9. The maximum atomic E-state index is 9.95. The van der Waals surface area contributed by atoms with Crippen LogP contribution in [0.2, 0.25) is 0 Å². The van der Waals surface area contributed by atoms with E-state index in [2.05, 4.69) is 30.3 Å². The summed E-state index contributed by atoms with van der Waals surface area (Å²) in [7, 11) is -2.13. The molecule has 0 N–H and O–H groups in total. The van der Waals surface area contributed by atoms with Crippen molar-refractivity contribution in [2.45, 2.75) is 231 Å². The van der Waals surface area contributed by atoms with Gasteiger partial charge in [0.2, 0.25) is 0 Å². The van der Waals surface area contributed by atoms with Crippen molar-refractivity contribution in [1.82, 2.24) is 0 Å². The fourth-order valence-electron chi connectivity index (χ4n) is 14.5. The molecule has 0 nitrogen and oxygen atoms in total. The van der Waals surface area contributed by atoms with E-state index >= 15 is 0 Å². The Hall–Kier alpha value is 0.660. The van der Waals surface area contributed by atoms with Gasteiger partial charge in [-0.2, -0.15) is 0 Å². The van der Waals surface area contributed by atoms with Crippen LogP contribution >= 0.6 is 36.1 Å². The molecule has 0 aromatic heterocycles. The van der Waals surface area contributed by atoms with Crippen molar-refractivity contribution >= 4 is 36.1 Å². The van der Waals surface area contributed by atoms with Gasteiger partial charge in [-0.25, -0.2) is 0 Å². The van der Waals surface area contributed by atoms with Gasteiger partial charge in [0.15, 0.2) is 0 Å². The van der Waals surface area contributed by atoms with Crippen molar-refractivity contribution in [3.8, 4) is 0 Å². The molecular weight excluding hydrogens is 649 g/mol. The van der Waals surface area contributed by atoms with E-state index in [0.717, 1.165) is 17.0 Å². The van der Waals surface area contributed by atoms with Crippen LogP contribution < -0.4 is 0 Å². The van der Waals surface area contributed by atoms with Crippen LogP contribution in [0, 0.1) is 0 Å². The number of rotatable bonds is 9. The van der Waals surface area contributed by atoms with Crippen LogP contribution in [0.1, 0.15) is 204 Å². The molecule has 1 aromatic rings. The zero-order valence-electron chi connectivity index (χ0n) is 30.3. The van der Waals surface area contributed by atoms with Gasteiger partial charge in [0, 0.05) is 0 Å². The molecule has 6 fully saturated rings. The van der Waals surface area contributed by atoms with E-state index < -0.39 is 13.2 Å². The van der Waals surface area contributed by atoms with Crippen LogP contribution in [0.15, 0.2) is 30.3 Å². The first kappa shape index (κ1) is 36.0. The average Bonchev–Trinajstić information content (AvgIpc) is 3.16. The summed E-state index contributed by atoms with van der Waals surface area (Å²) < 4.78 is -0.174. The number of hydrogen-bond acceptors (Lipinski definition) is 0. The Balaban J connectivity index is 1.60. The summed E-state index contributed by atoms with van der Waals surface area (Å²) >= 11 is 18.9. The number of alkyl halides is 1. The molecule has 0 bridgehead atoms. The predicted molar refractivity (Wildman–Crippen MR) is 216 cm³/mol. The maximum absolute atomic E-state index is 9.95. The van der Waals surface area contributed by atoms with Crippen molar-refractivity contribution in [3.63, 3.8) is 0 Å². The normalized spacial score (nSPS) is 29.1. The van der Waals surface area contributed by atoms with Gasteiger partial charge in [-0.15, -0.1) is 0 Å². The summed E-state index contributed by atoms with van der Waals surface area (Å²) in [6, 6.07) is 12.6. The second-order valence-corrected chi connectivity index (χ2v) is 32.1. The van der Waals surface area contributed by atoms with E-state index in [0.29, 0.717) is 16.7 Å². The first-order valence-electron chi connectivity index (χ1n) is 21.5. The number of halogens is 2. The summed E-state index contributed by atoms with van der Waals surface area (Å²) in [5.41, 5.74) is 6.00. The van der Waals surface area contributed by atoms with Crippen LogP contribution in [-0.2, 0) is 0 Å². The standard InChI is InChI=1S/C43H72Cl2P2/c44-43(34-20-7-21-35-43)47(45,40-30-16-5-17-31-40,41-32-18-6-19-33-41)42(36-22-8-1-9-23-36)46(37-24-10-2-11-25-37,38-26-12-3-13-27-38)39-28-14-4-15-29-39/h1,8-9,22-23,37-42,46H,2-7,10-21,24-35H2. The molecule has 7 rings (SSSR count). The van der Waals surface area contributed by atoms with Gasteiger partial charge in [-0.05, 0) is 0 Å². The molecule has 6 saturated carbocycles. The topological polar surface area (TPSA) is 0 Å². The van der Waals surface area contributed by atoms with E-state index in [-0.39, 0.29) is 4.62 Å². The molecule has 0 aliphatic heterocycles. The van der Waals surface area contributed by atoms with Gasteiger partial charge in [0.25, 0.3) is 0 Å². The van der Waals surface area contributed by atoms with E-state index in [1.54, 1.807) is 5.56 Å². The molecule has 6 aliphatic rings. The summed E-state index contributed by atoms with van der Waals surface area (Å²) in [5, 5.41) is 0.618. The molecule has 0 amide bonds. The molecule has 268 valence electrons. The van der Waals surface area contributed by atoms with Crippen molar-refractivity contribution < 1.29 is 0 Å². The van der Waals surface area contributed by atoms with Crippen molar-refractivity contribution in [2.75, 3.05) is 0 Å². The first-order valence-corrected chi connectivity index (χ1v) is 27.5. The molecule has 0 spiro atoms. The SMILES string of the molecule is ClC1(P(Cl)(C2CCCCC2)(C2CCCCC2)C(c2ccccc2)[PH](C2CCCCC2)(C2CCCCC2)C2CCCCC2)CCCCC1. The minimum atomic E-state index is -3.23. The Morgan fingerprint density at radius 2 is 0.830 bits per heavy atom. The molecule has 6 aliphatic carbocycles. The zero-order chi connectivity index (χ0) is 32.2. The van der Waals surface area contributed by atoms with Crippen molar-refractivity contribution in [1.29, 1.82) is 0 Å². The third-order valence-corrected chi connectivity index (χ3v) is 39.4. The fourth-order valence-corrected chi connectivity index (χ4v) is 43.7. The molecule has 4 heteroatoms. The van der Waals surface area contributed by atoms with E-state index in [4.69, 9.17) is 11.6 Å². The van der Waals surface area contributed by atoms with Crippen LogP contribution in [0.4, 0.5) is 0 Å². The molecule has 1 unspecified atom stereocenters. The molecular formula is C43H72Cl2P2. The Kier molecular flexibility index (Phi) is 12.1. The number of benzene rings is 1. The molecule has 1 atom stereocenters. The molecule has 1 aromatic carbocycles. The third kappa shape index (κ3) is 6.19.